The molecular weight excluding hydrogens is 422 g/mol. The summed E-state index contributed by atoms with van der Waals surface area (Å²) in [5.41, 5.74) is 6.65. The lowest BCUT2D eigenvalue weighted by atomic mass is 9.95. The molecule has 1 fully saturated rings. The van der Waals surface area contributed by atoms with Gasteiger partial charge in [0.25, 0.3) is 0 Å². The van der Waals surface area contributed by atoms with Crippen molar-refractivity contribution in [1.82, 2.24) is 0 Å². The number of benzene rings is 2. The van der Waals surface area contributed by atoms with Crippen molar-refractivity contribution in [3.63, 3.8) is 0 Å². The second kappa shape index (κ2) is 13.0. The highest BCUT2D eigenvalue weighted by Crippen LogP contribution is 2.33. The van der Waals surface area contributed by atoms with Crippen LogP contribution in [0.2, 0.25) is 0 Å². The van der Waals surface area contributed by atoms with E-state index in [0.717, 1.165) is 57.4 Å². The van der Waals surface area contributed by atoms with E-state index in [0.29, 0.717) is 13.2 Å². The van der Waals surface area contributed by atoms with Crippen molar-refractivity contribution in [2.75, 3.05) is 51.0 Å². The fourth-order valence-corrected chi connectivity index (χ4v) is 4.89. The molecule has 0 N–H and O–H groups in total. The van der Waals surface area contributed by atoms with E-state index < -0.39 is 0 Å². The summed E-state index contributed by atoms with van der Waals surface area (Å²) < 4.78 is 17.0. The summed E-state index contributed by atoms with van der Waals surface area (Å²) in [7, 11) is 0. The molecule has 2 aromatic carbocycles. The summed E-state index contributed by atoms with van der Waals surface area (Å²) in [6, 6.07) is 15.4. The molecule has 0 aromatic heterocycles. The van der Waals surface area contributed by atoms with Gasteiger partial charge in [-0.2, -0.15) is 0 Å². The van der Waals surface area contributed by atoms with E-state index in [9.17, 15) is 0 Å². The number of anilines is 1. The Balaban J connectivity index is 1.44. The van der Waals surface area contributed by atoms with Gasteiger partial charge in [0.2, 0.25) is 0 Å². The summed E-state index contributed by atoms with van der Waals surface area (Å²) in [5, 5.41) is 0. The molecule has 34 heavy (non-hydrogen) atoms. The molecule has 0 atom stereocenters. The van der Waals surface area contributed by atoms with Crippen LogP contribution in [0.15, 0.2) is 48.0 Å². The number of unbranched alkanes of at least 4 members (excludes halogenated alkanes) is 1. The van der Waals surface area contributed by atoms with Gasteiger partial charge in [0, 0.05) is 38.6 Å². The summed E-state index contributed by atoms with van der Waals surface area (Å²) in [4.78, 5) is 2.62. The fourth-order valence-electron chi connectivity index (χ4n) is 4.89. The number of hydrogen-bond acceptors (Lipinski definition) is 4. The van der Waals surface area contributed by atoms with Gasteiger partial charge in [-0.3, -0.25) is 0 Å². The third-order valence-electron chi connectivity index (χ3n) is 6.92. The Morgan fingerprint density at radius 1 is 0.971 bits per heavy atom. The quantitative estimate of drug-likeness (QED) is 0.356. The van der Waals surface area contributed by atoms with Crippen molar-refractivity contribution in [3.8, 4) is 16.9 Å². The van der Waals surface area contributed by atoms with Gasteiger partial charge < -0.3 is 19.1 Å². The molecule has 4 rings (SSSR count). The first kappa shape index (κ1) is 24.8. The van der Waals surface area contributed by atoms with Gasteiger partial charge >= 0.3 is 0 Å². The van der Waals surface area contributed by atoms with Gasteiger partial charge in [0.05, 0.1) is 6.61 Å². The van der Waals surface area contributed by atoms with Crippen LogP contribution in [0.1, 0.15) is 57.9 Å². The predicted octanol–water partition coefficient (Wildman–Crippen LogP) is 6.98. The largest absolute Gasteiger partial charge is 0.491 e. The van der Waals surface area contributed by atoms with Gasteiger partial charge in [-0.25, -0.2) is 0 Å². The van der Waals surface area contributed by atoms with Crippen LogP contribution in [0.3, 0.4) is 0 Å². The van der Waals surface area contributed by atoms with Crippen molar-refractivity contribution >= 4 is 11.8 Å². The number of rotatable bonds is 10. The molecule has 4 nitrogen and oxygen atoms in total. The molecule has 2 aliphatic rings. The molecule has 2 aromatic rings. The SMILES string of the molecule is CCCCOCCOc1ccc(-c2ccc3c(c2)/C=C(/C)CCCN3CC2CCOCC2)cc1. The minimum absolute atomic E-state index is 0.592. The molecule has 0 spiro atoms. The lowest BCUT2D eigenvalue weighted by Gasteiger charge is -2.33. The standard InChI is InChI=1S/C30H41NO3/c1-3-4-16-32-19-20-34-29-10-7-26(8-11-29)27-9-12-30-28(22-27)21-24(2)6-5-15-31(30)23-25-13-17-33-18-14-25/h7-12,21-22,25H,3-6,13-20,23H2,1-2H3/b24-21-. The van der Waals surface area contributed by atoms with Crippen LogP contribution in [-0.4, -0.2) is 46.1 Å². The smallest absolute Gasteiger partial charge is 0.119 e. The minimum atomic E-state index is 0.592. The van der Waals surface area contributed by atoms with E-state index in [-0.39, 0.29) is 0 Å². The zero-order valence-corrected chi connectivity index (χ0v) is 21.1. The van der Waals surface area contributed by atoms with E-state index >= 15 is 0 Å². The molecule has 184 valence electrons. The highest BCUT2D eigenvalue weighted by molar-refractivity contribution is 5.77. The Morgan fingerprint density at radius 3 is 2.56 bits per heavy atom. The average molecular weight is 464 g/mol. The Bertz CT molecular complexity index is 915. The first-order chi connectivity index (χ1) is 16.7. The van der Waals surface area contributed by atoms with Gasteiger partial charge in [-0.15, -0.1) is 0 Å². The van der Waals surface area contributed by atoms with Gasteiger partial charge in [0.15, 0.2) is 0 Å². The number of hydrogen-bond donors (Lipinski definition) is 0. The average Bonchev–Trinajstić information content (AvgIpc) is 2.86. The fraction of sp³-hybridized carbons (Fsp3) is 0.533. The van der Waals surface area contributed by atoms with Crippen LogP contribution in [0.25, 0.3) is 17.2 Å². The number of ether oxygens (including phenoxy) is 3. The number of allylic oxidation sites excluding steroid dienone is 1. The zero-order chi connectivity index (χ0) is 23.6. The maximum absolute atomic E-state index is 5.85. The topological polar surface area (TPSA) is 30.9 Å². The molecule has 0 unspecified atom stereocenters. The van der Waals surface area contributed by atoms with E-state index in [1.54, 1.807) is 0 Å². The van der Waals surface area contributed by atoms with Crippen LogP contribution >= 0.6 is 0 Å². The number of nitrogens with zero attached hydrogens (tertiary/aromatic N) is 1. The summed E-state index contributed by atoms with van der Waals surface area (Å²) in [5.74, 6) is 1.63. The maximum atomic E-state index is 5.85. The maximum Gasteiger partial charge on any atom is 0.119 e. The van der Waals surface area contributed by atoms with E-state index in [1.165, 1.54) is 53.6 Å². The summed E-state index contributed by atoms with van der Waals surface area (Å²) >= 11 is 0. The normalized spacial score (nSPS) is 18.5. The molecule has 0 amide bonds. The van der Waals surface area contributed by atoms with Crippen LogP contribution in [-0.2, 0) is 9.47 Å². The molecular formula is C30H41NO3. The second-order valence-corrected chi connectivity index (χ2v) is 9.71. The molecule has 2 heterocycles. The first-order valence-electron chi connectivity index (χ1n) is 13.2. The Labute approximate surface area is 205 Å². The van der Waals surface area contributed by atoms with Crippen LogP contribution in [0, 0.1) is 5.92 Å². The summed E-state index contributed by atoms with van der Waals surface area (Å²) in [6.07, 6.45) is 9.41. The van der Waals surface area contributed by atoms with E-state index in [1.807, 2.05) is 0 Å². The van der Waals surface area contributed by atoms with Crippen LogP contribution in [0.5, 0.6) is 5.75 Å². The van der Waals surface area contributed by atoms with Gasteiger partial charge in [0.1, 0.15) is 12.4 Å². The third-order valence-corrected chi connectivity index (χ3v) is 6.92. The minimum Gasteiger partial charge on any atom is -0.491 e. The Hall–Kier alpha value is -2.30. The molecule has 0 radical (unpaired) electrons. The molecule has 1 saturated heterocycles. The van der Waals surface area contributed by atoms with Gasteiger partial charge in [-0.1, -0.05) is 43.2 Å². The predicted molar refractivity (Wildman–Crippen MR) is 142 cm³/mol. The van der Waals surface area contributed by atoms with E-state index in [4.69, 9.17) is 14.2 Å². The zero-order valence-electron chi connectivity index (χ0n) is 21.1. The molecule has 2 aliphatic heterocycles. The monoisotopic (exact) mass is 463 g/mol. The van der Waals surface area contributed by atoms with Crippen molar-refractivity contribution in [3.05, 3.63) is 53.6 Å². The highest BCUT2D eigenvalue weighted by atomic mass is 16.5. The van der Waals surface area contributed by atoms with Crippen molar-refractivity contribution in [2.24, 2.45) is 5.92 Å². The molecule has 0 saturated carbocycles. The highest BCUT2D eigenvalue weighted by Gasteiger charge is 2.20. The van der Waals surface area contributed by atoms with E-state index in [2.05, 4.69) is 67.3 Å². The van der Waals surface area contributed by atoms with Crippen LogP contribution < -0.4 is 9.64 Å². The lowest BCUT2D eigenvalue weighted by molar-refractivity contribution is 0.0682. The van der Waals surface area contributed by atoms with Gasteiger partial charge in [-0.05, 0) is 85.9 Å². The second-order valence-electron chi connectivity index (χ2n) is 9.71. The lowest BCUT2D eigenvalue weighted by Crippen LogP contribution is -2.34. The van der Waals surface area contributed by atoms with Crippen molar-refractivity contribution in [1.29, 1.82) is 0 Å². The molecule has 0 aliphatic carbocycles. The number of fused-ring (bicyclic) bond motifs is 1. The van der Waals surface area contributed by atoms with Crippen molar-refractivity contribution in [2.45, 2.75) is 52.4 Å². The first-order valence-corrected chi connectivity index (χ1v) is 13.2. The van der Waals surface area contributed by atoms with Crippen LogP contribution in [0.4, 0.5) is 5.69 Å². The third kappa shape index (κ3) is 7.10. The Kier molecular flexibility index (Phi) is 9.46. The Morgan fingerprint density at radius 2 is 1.76 bits per heavy atom. The molecule has 0 bridgehead atoms. The summed E-state index contributed by atoms with van der Waals surface area (Å²) in [6.45, 7) is 10.6. The molecule has 4 heteroatoms. The van der Waals surface area contributed by atoms with Crippen molar-refractivity contribution < 1.29 is 14.2 Å².